The van der Waals surface area contributed by atoms with E-state index in [9.17, 15) is 4.79 Å². The molecular formula is C17H11BrO2. The molecule has 0 saturated carbocycles. The minimum atomic E-state index is -0.329. The van der Waals surface area contributed by atoms with Gasteiger partial charge in [-0.25, -0.2) is 4.79 Å². The number of hydrogen-bond donors (Lipinski definition) is 0. The summed E-state index contributed by atoms with van der Waals surface area (Å²) in [5.74, 6) is 0.258. The first-order valence-corrected chi connectivity index (χ1v) is 6.98. The summed E-state index contributed by atoms with van der Waals surface area (Å²) < 4.78 is 6.28. The normalized spacial score (nSPS) is 16.1. The maximum absolute atomic E-state index is 11.5. The van der Waals surface area contributed by atoms with Crippen molar-refractivity contribution in [3.8, 4) is 0 Å². The number of rotatable bonds is 2. The van der Waals surface area contributed by atoms with Gasteiger partial charge in [-0.3, -0.25) is 0 Å². The third-order valence-corrected chi connectivity index (χ3v) is 3.52. The van der Waals surface area contributed by atoms with Gasteiger partial charge in [-0.1, -0.05) is 58.4 Å². The zero-order valence-corrected chi connectivity index (χ0v) is 12.1. The molecule has 0 spiro atoms. The zero-order chi connectivity index (χ0) is 13.9. The van der Waals surface area contributed by atoms with Crippen molar-refractivity contribution in [1.29, 1.82) is 0 Å². The largest absolute Gasteiger partial charge is 0.423 e. The molecule has 3 rings (SSSR count). The van der Waals surface area contributed by atoms with Crippen LogP contribution in [0, 0.1) is 0 Å². The van der Waals surface area contributed by atoms with Crippen LogP contribution in [0.15, 0.2) is 70.9 Å². The average Bonchev–Trinajstić information content (AvgIpc) is 2.81. The molecule has 1 aliphatic rings. The van der Waals surface area contributed by atoms with Gasteiger partial charge in [0.1, 0.15) is 5.76 Å². The first-order chi connectivity index (χ1) is 9.72. The Labute approximate surface area is 125 Å². The molecular weight excluding hydrogens is 316 g/mol. The standard InChI is InChI=1S/C17H11BrO2/c18-14-8-6-13(7-9-14)15-11-17(19)20-16(15)10-12-4-2-1-3-5-12/h1-11H. The van der Waals surface area contributed by atoms with E-state index in [4.69, 9.17) is 4.74 Å². The number of benzene rings is 2. The lowest BCUT2D eigenvalue weighted by molar-refractivity contribution is -0.132. The first kappa shape index (κ1) is 12.9. The molecule has 0 fully saturated rings. The van der Waals surface area contributed by atoms with Gasteiger partial charge in [0, 0.05) is 16.1 Å². The summed E-state index contributed by atoms with van der Waals surface area (Å²) >= 11 is 3.40. The lowest BCUT2D eigenvalue weighted by Gasteiger charge is -2.05. The van der Waals surface area contributed by atoms with Crippen molar-refractivity contribution < 1.29 is 9.53 Å². The average molecular weight is 327 g/mol. The fraction of sp³-hybridized carbons (Fsp3) is 0. The van der Waals surface area contributed by atoms with Gasteiger partial charge in [0.2, 0.25) is 0 Å². The highest BCUT2D eigenvalue weighted by atomic mass is 79.9. The third-order valence-electron chi connectivity index (χ3n) is 2.99. The fourth-order valence-electron chi connectivity index (χ4n) is 2.04. The molecule has 0 aliphatic carbocycles. The molecule has 0 aromatic heterocycles. The van der Waals surface area contributed by atoms with Gasteiger partial charge >= 0.3 is 5.97 Å². The summed E-state index contributed by atoms with van der Waals surface area (Å²) in [6.45, 7) is 0. The van der Waals surface area contributed by atoms with Crippen LogP contribution in [0.3, 0.4) is 0 Å². The van der Waals surface area contributed by atoms with Crippen molar-refractivity contribution in [3.63, 3.8) is 0 Å². The smallest absolute Gasteiger partial charge is 0.336 e. The van der Waals surface area contributed by atoms with Crippen molar-refractivity contribution in [2.45, 2.75) is 0 Å². The van der Waals surface area contributed by atoms with Crippen LogP contribution in [0.5, 0.6) is 0 Å². The van der Waals surface area contributed by atoms with Crippen molar-refractivity contribution >= 4 is 33.5 Å². The summed E-state index contributed by atoms with van der Waals surface area (Å²) in [4.78, 5) is 11.5. The second kappa shape index (κ2) is 5.47. The number of halogens is 1. The second-order valence-corrected chi connectivity index (χ2v) is 5.32. The Hall–Kier alpha value is -2.13. The van der Waals surface area contributed by atoms with E-state index < -0.39 is 0 Å². The molecule has 2 aromatic rings. The first-order valence-electron chi connectivity index (χ1n) is 6.19. The highest BCUT2D eigenvalue weighted by molar-refractivity contribution is 9.10. The van der Waals surface area contributed by atoms with E-state index in [0.29, 0.717) is 5.76 Å². The molecule has 1 aliphatic heterocycles. The van der Waals surface area contributed by atoms with Crippen molar-refractivity contribution in [2.75, 3.05) is 0 Å². The highest BCUT2D eigenvalue weighted by Gasteiger charge is 2.21. The van der Waals surface area contributed by atoms with E-state index in [2.05, 4.69) is 15.9 Å². The zero-order valence-electron chi connectivity index (χ0n) is 10.5. The van der Waals surface area contributed by atoms with Crippen LogP contribution in [-0.2, 0) is 9.53 Å². The van der Waals surface area contributed by atoms with E-state index in [1.165, 1.54) is 6.08 Å². The summed E-state index contributed by atoms with van der Waals surface area (Å²) in [5.41, 5.74) is 2.77. The Morgan fingerprint density at radius 2 is 1.65 bits per heavy atom. The summed E-state index contributed by atoms with van der Waals surface area (Å²) in [7, 11) is 0. The summed E-state index contributed by atoms with van der Waals surface area (Å²) in [6.07, 6.45) is 3.40. The molecule has 0 saturated heterocycles. The van der Waals surface area contributed by atoms with E-state index in [1.807, 2.05) is 60.7 Å². The van der Waals surface area contributed by atoms with Crippen molar-refractivity contribution in [2.24, 2.45) is 0 Å². The predicted octanol–water partition coefficient (Wildman–Crippen LogP) is 4.43. The number of ether oxygens (including phenoxy) is 1. The van der Waals surface area contributed by atoms with E-state index in [0.717, 1.165) is 21.2 Å². The Kier molecular flexibility index (Phi) is 3.52. The molecule has 3 heteroatoms. The number of esters is 1. The Morgan fingerprint density at radius 3 is 2.35 bits per heavy atom. The third kappa shape index (κ3) is 2.73. The minimum Gasteiger partial charge on any atom is -0.423 e. The Morgan fingerprint density at radius 1 is 0.950 bits per heavy atom. The van der Waals surface area contributed by atoms with Gasteiger partial charge in [0.05, 0.1) is 0 Å². The van der Waals surface area contributed by atoms with Gasteiger partial charge in [0.25, 0.3) is 0 Å². The maximum Gasteiger partial charge on any atom is 0.336 e. The van der Waals surface area contributed by atoms with Crippen molar-refractivity contribution in [1.82, 2.24) is 0 Å². The van der Waals surface area contributed by atoms with Gasteiger partial charge in [-0.05, 0) is 29.3 Å². The molecule has 2 aromatic carbocycles. The number of hydrogen-bond acceptors (Lipinski definition) is 2. The molecule has 2 nitrogen and oxygen atoms in total. The lowest BCUT2D eigenvalue weighted by atomic mass is 10.0. The van der Waals surface area contributed by atoms with Crippen LogP contribution in [0.2, 0.25) is 0 Å². The molecule has 98 valence electrons. The van der Waals surface area contributed by atoms with Crippen LogP contribution in [0.25, 0.3) is 11.6 Å². The number of cyclic esters (lactones) is 1. The van der Waals surface area contributed by atoms with Crippen LogP contribution >= 0.6 is 15.9 Å². The van der Waals surface area contributed by atoms with Crippen molar-refractivity contribution in [3.05, 3.63) is 82.0 Å². The topological polar surface area (TPSA) is 26.3 Å². The molecule has 20 heavy (non-hydrogen) atoms. The second-order valence-electron chi connectivity index (χ2n) is 4.41. The minimum absolute atomic E-state index is 0.329. The van der Waals surface area contributed by atoms with Gasteiger partial charge in [-0.2, -0.15) is 0 Å². The van der Waals surface area contributed by atoms with E-state index in [-0.39, 0.29) is 5.97 Å². The quantitative estimate of drug-likeness (QED) is 0.763. The molecule has 0 unspecified atom stereocenters. The van der Waals surface area contributed by atoms with E-state index >= 15 is 0 Å². The van der Waals surface area contributed by atoms with Crippen LogP contribution in [-0.4, -0.2) is 5.97 Å². The molecule has 0 N–H and O–H groups in total. The summed E-state index contributed by atoms with van der Waals surface area (Å²) in [6, 6.07) is 17.6. The SMILES string of the molecule is O=C1C=C(c2ccc(Br)cc2)C(=Cc2ccccc2)O1. The van der Waals surface area contributed by atoms with Crippen LogP contribution < -0.4 is 0 Å². The Bertz CT molecular complexity index is 698. The number of carbonyl (C=O) groups is 1. The van der Waals surface area contributed by atoms with E-state index in [1.54, 1.807) is 0 Å². The number of allylic oxidation sites excluding steroid dienone is 1. The lowest BCUT2D eigenvalue weighted by Crippen LogP contribution is -1.91. The monoisotopic (exact) mass is 326 g/mol. The molecule has 0 amide bonds. The van der Waals surface area contributed by atoms with Crippen LogP contribution in [0.4, 0.5) is 0 Å². The molecule has 1 heterocycles. The highest BCUT2D eigenvalue weighted by Crippen LogP contribution is 2.31. The van der Waals surface area contributed by atoms with Crippen LogP contribution in [0.1, 0.15) is 11.1 Å². The molecule has 0 atom stereocenters. The Balaban J connectivity index is 2.00. The molecule has 0 radical (unpaired) electrons. The fourth-order valence-corrected chi connectivity index (χ4v) is 2.31. The van der Waals surface area contributed by atoms with Gasteiger partial charge in [-0.15, -0.1) is 0 Å². The number of carbonyl (C=O) groups excluding carboxylic acids is 1. The predicted molar refractivity (Wildman–Crippen MR) is 82.6 cm³/mol. The van der Waals surface area contributed by atoms with Gasteiger partial charge in [0.15, 0.2) is 0 Å². The molecule has 0 bridgehead atoms. The van der Waals surface area contributed by atoms with Gasteiger partial charge < -0.3 is 4.74 Å². The summed E-state index contributed by atoms with van der Waals surface area (Å²) in [5, 5.41) is 0. The maximum atomic E-state index is 11.5.